The maximum Gasteiger partial charge on any atom is 0.326 e. The van der Waals surface area contributed by atoms with Crippen LogP contribution >= 0.6 is 0 Å². The minimum atomic E-state index is -0.431. The van der Waals surface area contributed by atoms with Crippen LogP contribution in [-0.4, -0.2) is 26.0 Å². The Morgan fingerprint density at radius 1 is 1.00 bits per heavy atom. The van der Waals surface area contributed by atoms with Gasteiger partial charge in [-0.1, -0.05) is 0 Å². The van der Waals surface area contributed by atoms with Crippen LogP contribution in [0.2, 0.25) is 0 Å². The number of rotatable bonds is 2. The van der Waals surface area contributed by atoms with Crippen molar-refractivity contribution in [1.29, 1.82) is 0 Å². The maximum absolute atomic E-state index is 11.4. The zero-order valence-electron chi connectivity index (χ0n) is 8.16. The van der Waals surface area contributed by atoms with Gasteiger partial charge in [-0.3, -0.25) is 15.6 Å². The molecule has 2 rings (SSSR count). The van der Waals surface area contributed by atoms with Crippen molar-refractivity contribution in [1.82, 2.24) is 19.9 Å². The molecular formula is C9H8N6O. The van der Waals surface area contributed by atoms with Gasteiger partial charge in [0, 0.05) is 18.6 Å². The van der Waals surface area contributed by atoms with Gasteiger partial charge in [0.15, 0.2) is 5.82 Å². The highest BCUT2D eigenvalue weighted by Gasteiger charge is 2.03. The molecule has 2 aromatic heterocycles. The third-order valence-electron chi connectivity index (χ3n) is 1.63. The van der Waals surface area contributed by atoms with E-state index < -0.39 is 6.03 Å². The van der Waals surface area contributed by atoms with Crippen LogP contribution in [0.3, 0.4) is 0 Å². The minimum absolute atomic E-state index is 0.369. The van der Waals surface area contributed by atoms with Gasteiger partial charge in [-0.05, 0) is 6.07 Å². The lowest BCUT2D eigenvalue weighted by atomic mass is 10.6. The SMILES string of the molecule is O=C(Nc1ccncn1)Nc1cnccn1. The lowest BCUT2D eigenvalue weighted by Crippen LogP contribution is -2.20. The van der Waals surface area contributed by atoms with E-state index in [9.17, 15) is 4.79 Å². The van der Waals surface area contributed by atoms with Gasteiger partial charge in [-0.15, -0.1) is 0 Å². The number of nitrogens with zero attached hydrogens (tertiary/aromatic N) is 4. The molecule has 0 aromatic carbocycles. The number of urea groups is 1. The summed E-state index contributed by atoms with van der Waals surface area (Å²) in [4.78, 5) is 26.7. The number of anilines is 2. The molecule has 7 heteroatoms. The van der Waals surface area contributed by atoms with Gasteiger partial charge < -0.3 is 0 Å². The zero-order valence-corrected chi connectivity index (χ0v) is 8.16. The van der Waals surface area contributed by atoms with Crippen LogP contribution in [0, 0.1) is 0 Å². The first-order valence-electron chi connectivity index (χ1n) is 4.44. The molecule has 0 aliphatic heterocycles. The van der Waals surface area contributed by atoms with E-state index >= 15 is 0 Å². The third kappa shape index (κ3) is 2.71. The predicted octanol–water partition coefficient (Wildman–Crippen LogP) is 0.911. The summed E-state index contributed by atoms with van der Waals surface area (Å²) in [6, 6.07) is 1.15. The van der Waals surface area contributed by atoms with Crippen LogP contribution in [0.15, 0.2) is 37.2 Å². The highest BCUT2D eigenvalue weighted by Crippen LogP contribution is 2.01. The van der Waals surface area contributed by atoms with Gasteiger partial charge in [-0.25, -0.2) is 19.7 Å². The fourth-order valence-electron chi connectivity index (χ4n) is 0.992. The van der Waals surface area contributed by atoms with E-state index in [1.807, 2.05) is 0 Å². The van der Waals surface area contributed by atoms with Crippen molar-refractivity contribution in [2.75, 3.05) is 10.6 Å². The Hall–Kier alpha value is -2.57. The Balaban J connectivity index is 1.95. The third-order valence-corrected chi connectivity index (χ3v) is 1.63. The molecule has 7 nitrogen and oxygen atoms in total. The molecule has 0 aliphatic carbocycles. The largest absolute Gasteiger partial charge is 0.326 e. The maximum atomic E-state index is 11.4. The molecule has 0 unspecified atom stereocenters. The van der Waals surface area contributed by atoms with Crippen molar-refractivity contribution in [3.05, 3.63) is 37.2 Å². The van der Waals surface area contributed by atoms with Gasteiger partial charge in [0.2, 0.25) is 0 Å². The van der Waals surface area contributed by atoms with E-state index in [1.54, 1.807) is 6.07 Å². The van der Waals surface area contributed by atoms with E-state index in [4.69, 9.17) is 0 Å². The summed E-state index contributed by atoms with van der Waals surface area (Å²) >= 11 is 0. The van der Waals surface area contributed by atoms with Gasteiger partial charge in [0.1, 0.15) is 12.1 Å². The number of hydrogen-bond acceptors (Lipinski definition) is 5. The Labute approximate surface area is 91.0 Å². The molecular weight excluding hydrogens is 208 g/mol. The van der Waals surface area contributed by atoms with Gasteiger partial charge in [0.05, 0.1) is 6.20 Å². The average molecular weight is 216 g/mol. The Bertz CT molecular complexity index is 416. The van der Waals surface area contributed by atoms with Crippen LogP contribution in [0.5, 0.6) is 0 Å². The van der Waals surface area contributed by atoms with E-state index in [1.165, 1.54) is 31.1 Å². The lowest BCUT2D eigenvalue weighted by Gasteiger charge is -2.04. The molecule has 0 saturated carbocycles. The van der Waals surface area contributed by atoms with Crippen LogP contribution in [-0.2, 0) is 0 Å². The molecule has 16 heavy (non-hydrogen) atoms. The summed E-state index contributed by atoms with van der Waals surface area (Å²) in [7, 11) is 0. The van der Waals surface area contributed by atoms with Gasteiger partial charge in [0.25, 0.3) is 0 Å². The van der Waals surface area contributed by atoms with E-state index in [0.29, 0.717) is 11.6 Å². The highest BCUT2D eigenvalue weighted by atomic mass is 16.2. The molecule has 80 valence electrons. The molecule has 2 amide bonds. The van der Waals surface area contributed by atoms with Crippen molar-refractivity contribution in [2.24, 2.45) is 0 Å². The fraction of sp³-hybridized carbons (Fsp3) is 0. The lowest BCUT2D eigenvalue weighted by molar-refractivity contribution is 0.262. The smallest absolute Gasteiger partial charge is 0.292 e. The quantitative estimate of drug-likeness (QED) is 0.778. The Morgan fingerprint density at radius 2 is 1.88 bits per heavy atom. The summed E-state index contributed by atoms with van der Waals surface area (Å²) in [5.74, 6) is 0.783. The normalized spacial score (nSPS) is 9.50. The number of aromatic nitrogens is 4. The fourth-order valence-corrected chi connectivity index (χ4v) is 0.992. The van der Waals surface area contributed by atoms with Crippen LogP contribution in [0.1, 0.15) is 0 Å². The average Bonchev–Trinajstić information content (AvgIpc) is 2.31. The Morgan fingerprint density at radius 3 is 2.56 bits per heavy atom. The summed E-state index contributed by atoms with van der Waals surface area (Å²) in [5, 5.41) is 5.03. The van der Waals surface area contributed by atoms with E-state index in [0.717, 1.165) is 0 Å². The summed E-state index contributed by atoms with van der Waals surface area (Å²) in [5.41, 5.74) is 0. The van der Waals surface area contributed by atoms with Crippen molar-refractivity contribution in [3.63, 3.8) is 0 Å². The number of nitrogens with one attached hydrogen (secondary N) is 2. The molecule has 0 saturated heterocycles. The molecule has 0 bridgehead atoms. The first kappa shape index (κ1) is 9.97. The molecule has 2 heterocycles. The van der Waals surface area contributed by atoms with Crippen LogP contribution < -0.4 is 10.6 Å². The van der Waals surface area contributed by atoms with Crippen molar-refractivity contribution < 1.29 is 4.79 Å². The number of amides is 2. The van der Waals surface area contributed by atoms with Gasteiger partial charge in [-0.2, -0.15) is 0 Å². The first-order chi connectivity index (χ1) is 7.84. The van der Waals surface area contributed by atoms with Crippen LogP contribution in [0.25, 0.3) is 0 Å². The second-order valence-corrected chi connectivity index (χ2v) is 2.76. The van der Waals surface area contributed by atoms with Crippen molar-refractivity contribution >= 4 is 17.7 Å². The van der Waals surface area contributed by atoms with E-state index in [2.05, 4.69) is 30.6 Å². The second-order valence-electron chi connectivity index (χ2n) is 2.76. The monoisotopic (exact) mass is 216 g/mol. The molecule has 0 atom stereocenters. The molecule has 2 aromatic rings. The first-order valence-corrected chi connectivity index (χ1v) is 4.44. The molecule has 0 spiro atoms. The molecule has 0 fully saturated rings. The van der Waals surface area contributed by atoms with Crippen molar-refractivity contribution in [3.8, 4) is 0 Å². The van der Waals surface area contributed by atoms with E-state index in [-0.39, 0.29) is 0 Å². The summed E-state index contributed by atoms with van der Waals surface area (Å²) in [6.45, 7) is 0. The molecule has 2 N–H and O–H groups in total. The topological polar surface area (TPSA) is 92.7 Å². The second kappa shape index (κ2) is 4.78. The molecule has 0 radical (unpaired) electrons. The van der Waals surface area contributed by atoms with Crippen molar-refractivity contribution in [2.45, 2.75) is 0 Å². The summed E-state index contributed by atoms with van der Waals surface area (Å²) < 4.78 is 0. The predicted molar refractivity (Wildman–Crippen MR) is 56.7 cm³/mol. The van der Waals surface area contributed by atoms with Crippen LogP contribution in [0.4, 0.5) is 16.4 Å². The number of carbonyl (C=O) groups excluding carboxylic acids is 1. The number of carbonyl (C=O) groups is 1. The molecule has 0 aliphatic rings. The zero-order chi connectivity index (χ0) is 11.2. The minimum Gasteiger partial charge on any atom is -0.292 e. The Kier molecular flexibility index (Phi) is 2.98. The summed E-state index contributed by atoms with van der Waals surface area (Å²) in [6.07, 6.45) is 7.33. The standard InChI is InChI=1S/C9H8N6O/c16-9(14-7-1-2-11-6-13-7)15-8-5-10-3-4-12-8/h1-6H,(H2,11,12,13,14,15,16). The van der Waals surface area contributed by atoms with Gasteiger partial charge >= 0.3 is 6.03 Å². The number of hydrogen-bond donors (Lipinski definition) is 2. The highest BCUT2D eigenvalue weighted by molar-refractivity contribution is 5.98.